The highest BCUT2D eigenvalue weighted by Crippen LogP contribution is 2.24. The van der Waals surface area contributed by atoms with E-state index in [1.54, 1.807) is 29.9 Å². The van der Waals surface area contributed by atoms with E-state index in [0.717, 1.165) is 6.20 Å². The van der Waals surface area contributed by atoms with Gasteiger partial charge >= 0.3 is 0 Å². The molecule has 0 aliphatic carbocycles. The second-order valence-electron chi connectivity index (χ2n) is 5.10. The number of aromatic nitrogens is 6. The largest absolute Gasteiger partial charge is 0.296 e. The molecule has 0 bridgehead atoms. The summed E-state index contributed by atoms with van der Waals surface area (Å²) in [5, 5.41) is 12.5. The number of carbonyl (C=O) groups is 1. The van der Waals surface area contributed by atoms with Crippen molar-refractivity contribution < 1.29 is 9.18 Å². The van der Waals surface area contributed by atoms with Crippen LogP contribution >= 0.6 is 11.3 Å². The normalized spacial score (nSPS) is 10.7. The van der Waals surface area contributed by atoms with E-state index < -0.39 is 11.7 Å². The van der Waals surface area contributed by atoms with Crippen molar-refractivity contribution in [1.29, 1.82) is 0 Å². The molecule has 10 heteroatoms. The van der Waals surface area contributed by atoms with Crippen molar-refractivity contribution in [3.8, 4) is 17.1 Å². The van der Waals surface area contributed by atoms with E-state index in [9.17, 15) is 9.18 Å². The number of nitrogens with zero attached hydrogens (tertiary/aromatic N) is 6. The Labute approximate surface area is 150 Å². The molecule has 0 saturated heterocycles. The van der Waals surface area contributed by atoms with Crippen molar-refractivity contribution in [2.45, 2.75) is 0 Å². The Hall–Kier alpha value is -3.53. The van der Waals surface area contributed by atoms with E-state index in [0.29, 0.717) is 22.2 Å². The van der Waals surface area contributed by atoms with Gasteiger partial charge in [-0.25, -0.2) is 14.1 Å². The Morgan fingerprint density at radius 1 is 1.15 bits per heavy atom. The minimum absolute atomic E-state index is 0.245. The molecule has 8 nitrogen and oxygen atoms in total. The molecule has 128 valence electrons. The molecule has 0 aliphatic heterocycles. The second-order valence-corrected chi connectivity index (χ2v) is 5.95. The molecule has 0 spiro atoms. The third kappa shape index (κ3) is 3.17. The van der Waals surface area contributed by atoms with E-state index in [1.807, 2.05) is 0 Å². The second kappa shape index (κ2) is 6.76. The highest BCUT2D eigenvalue weighted by atomic mass is 32.1. The van der Waals surface area contributed by atoms with Crippen LogP contribution in [0.2, 0.25) is 0 Å². The van der Waals surface area contributed by atoms with E-state index >= 15 is 0 Å². The highest BCUT2D eigenvalue weighted by Gasteiger charge is 2.17. The standard InChI is InChI=1S/C16H10FN7OS/c17-10-3-4-12(19-6-10)13-9-26-16(21-13)22-15(25)14-8-20-23-24(14)11-2-1-5-18-7-11/h1-9H,(H,21,22,25). The van der Waals surface area contributed by atoms with Crippen LogP contribution in [0.25, 0.3) is 17.1 Å². The van der Waals surface area contributed by atoms with Crippen molar-refractivity contribution >= 4 is 22.4 Å². The van der Waals surface area contributed by atoms with Crippen LogP contribution < -0.4 is 5.32 Å². The van der Waals surface area contributed by atoms with Crippen LogP contribution in [0, 0.1) is 5.82 Å². The predicted molar refractivity (Wildman–Crippen MR) is 92.4 cm³/mol. The Morgan fingerprint density at radius 2 is 2.08 bits per heavy atom. The van der Waals surface area contributed by atoms with Crippen LogP contribution in [-0.2, 0) is 0 Å². The molecule has 4 aromatic heterocycles. The number of rotatable bonds is 4. The van der Waals surface area contributed by atoms with Crippen LogP contribution in [-0.4, -0.2) is 35.9 Å². The summed E-state index contributed by atoms with van der Waals surface area (Å²) in [6.07, 6.45) is 5.68. The Morgan fingerprint density at radius 3 is 2.85 bits per heavy atom. The molecule has 0 saturated carbocycles. The maximum atomic E-state index is 13.0. The summed E-state index contributed by atoms with van der Waals surface area (Å²) >= 11 is 1.24. The fourth-order valence-corrected chi connectivity index (χ4v) is 2.90. The SMILES string of the molecule is O=C(Nc1nc(-c2ccc(F)cn2)cs1)c1cnnn1-c1cccnc1. The predicted octanol–water partition coefficient (Wildman–Crippen LogP) is 2.57. The molecule has 0 aliphatic rings. The zero-order chi connectivity index (χ0) is 17.9. The van der Waals surface area contributed by atoms with Gasteiger partial charge in [0.05, 0.1) is 30.0 Å². The van der Waals surface area contributed by atoms with Crippen LogP contribution in [0.4, 0.5) is 9.52 Å². The smallest absolute Gasteiger partial charge is 0.277 e. The summed E-state index contributed by atoms with van der Waals surface area (Å²) in [7, 11) is 0. The summed E-state index contributed by atoms with van der Waals surface area (Å²) in [5.74, 6) is -0.833. The number of nitrogens with one attached hydrogen (secondary N) is 1. The van der Waals surface area contributed by atoms with Gasteiger partial charge in [-0.05, 0) is 24.3 Å². The monoisotopic (exact) mass is 367 g/mol. The van der Waals surface area contributed by atoms with Gasteiger partial charge in [0.15, 0.2) is 10.8 Å². The van der Waals surface area contributed by atoms with Crippen molar-refractivity contribution in [2.75, 3.05) is 5.32 Å². The van der Waals surface area contributed by atoms with Crippen molar-refractivity contribution in [3.63, 3.8) is 0 Å². The zero-order valence-corrected chi connectivity index (χ0v) is 13.9. The lowest BCUT2D eigenvalue weighted by Gasteiger charge is -2.04. The first-order valence-corrected chi connectivity index (χ1v) is 8.28. The molecule has 1 amide bonds. The van der Waals surface area contributed by atoms with E-state index in [1.165, 1.54) is 34.3 Å². The third-order valence-electron chi connectivity index (χ3n) is 3.39. The first-order chi connectivity index (χ1) is 12.7. The number of amides is 1. The minimum atomic E-state index is -0.423. The molecule has 4 heterocycles. The van der Waals surface area contributed by atoms with Gasteiger partial charge in [0.2, 0.25) is 0 Å². The molecule has 0 unspecified atom stereocenters. The zero-order valence-electron chi connectivity index (χ0n) is 13.1. The van der Waals surface area contributed by atoms with E-state index in [4.69, 9.17) is 0 Å². The topological polar surface area (TPSA) is 98.5 Å². The summed E-state index contributed by atoms with van der Waals surface area (Å²) in [4.78, 5) is 24.8. The summed E-state index contributed by atoms with van der Waals surface area (Å²) in [6.45, 7) is 0. The quantitative estimate of drug-likeness (QED) is 0.595. The molecule has 26 heavy (non-hydrogen) atoms. The Bertz CT molecular complexity index is 1050. The molecule has 1 N–H and O–H groups in total. The first kappa shape index (κ1) is 16.0. The van der Waals surface area contributed by atoms with Crippen LogP contribution in [0.3, 0.4) is 0 Å². The summed E-state index contributed by atoms with van der Waals surface area (Å²) in [6, 6.07) is 6.33. The number of carbonyl (C=O) groups excluding carboxylic acids is 1. The molecule has 0 fully saturated rings. The van der Waals surface area contributed by atoms with Gasteiger partial charge in [-0.3, -0.25) is 20.1 Å². The average Bonchev–Trinajstić information content (AvgIpc) is 3.32. The van der Waals surface area contributed by atoms with Crippen LogP contribution in [0.1, 0.15) is 10.5 Å². The van der Waals surface area contributed by atoms with Crippen LogP contribution in [0.5, 0.6) is 0 Å². The van der Waals surface area contributed by atoms with Crippen LogP contribution in [0.15, 0.2) is 54.4 Å². The fourth-order valence-electron chi connectivity index (χ4n) is 2.20. The minimum Gasteiger partial charge on any atom is -0.296 e. The molecule has 0 radical (unpaired) electrons. The highest BCUT2D eigenvalue weighted by molar-refractivity contribution is 7.14. The van der Waals surface area contributed by atoms with Gasteiger partial charge in [0.25, 0.3) is 5.91 Å². The van der Waals surface area contributed by atoms with E-state index in [-0.39, 0.29) is 5.69 Å². The number of thiazole rings is 1. The number of hydrogen-bond donors (Lipinski definition) is 1. The Kier molecular flexibility index (Phi) is 4.15. The van der Waals surface area contributed by atoms with Gasteiger partial charge in [0, 0.05) is 11.6 Å². The van der Waals surface area contributed by atoms with E-state index in [2.05, 4.69) is 30.6 Å². The van der Waals surface area contributed by atoms with Gasteiger partial charge in [-0.2, -0.15) is 0 Å². The number of anilines is 1. The fraction of sp³-hybridized carbons (Fsp3) is 0. The Balaban J connectivity index is 1.55. The molecule has 4 rings (SSSR count). The first-order valence-electron chi connectivity index (χ1n) is 7.40. The number of hydrogen-bond acceptors (Lipinski definition) is 7. The van der Waals surface area contributed by atoms with Crippen molar-refractivity contribution in [2.24, 2.45) is 0 Å². The van der Waals surface area contributed by atoms with Gasteiger partial charge in [-0.1, -0.05) is 5.21 Å². The molecule has 0 atom stereocenters. The van der Waals surface area contributed by atoms with Crippen molar-refractivity contribution in [3.05, 3.63) is 65.9 Å². The molecular formula is C16H10FN7OS. The molecule has 4 aromatic rings. The molecule has 0 aromatic carbocycles. The van der Waals surface area contributed by atoms with Crippen molar-refractivity contribution in [1.82, 2.24) is 29.9 Å². The lowest BCUT2D eigenvalue weighted by Crippen LogP contribution is -2.17. The third-order valence-corrected chi connectivity index (χ3v) is 4.14. The average molecular weight is 367 g/mol. The summed E-state index contributed by atoms with van der Waals surface area (Å²) < 4.78 is 14.3. The summed E-state index contributed by atoms with van der Waals surface area (Å²) in [5.41, 5.74) is 1.93. The maximum absolute atomic E-state index is 13.0. The lowest BCUT2D eigenvalue weighted by atomic mass is 10.3. The maximum Gasteiger partial charge on any atom is 0.277 e. The number of halogens is 1. The lowest BCUT2D eigenvalue weighted by molar-refractivity contribution is 0.101. The van der Waals surface area contributed by atoms with Gasteiger partial charge in [-0.15, -0.1) is 16.4 Å². The van der Waals surface area contributed by atoms with Gasteiger partial charge in [0.1, 0.15) is 11.5 Å². The molecular weight excluding hydrogens is 357 g/mol. The van der Waals surface area contributed by atoms with Gasteiger partial charge < -0.3 is 0 Å². The number of pyridine rings is 2.